The van der Waals surface area contributed by atoms with E-state index in [1.807, 2.05) is 0 Å². The van der Waals surface area contributed by atoms with Crippen LogP contribution in [0.4, 0.5) is 0 Å². The second-order valence-electron chi connectivity index (χ2n) is 10.9. The molecular formula is C31H40O15. The number of carbonyl (C=O) groups excluding carboxylic acids is 1. The molecule has 15 heteroatoms. The first-order valence-electron chi connectivity index (χ1n) is 14.5. The summed E-state index contributed by atoms with van der Waals surface area (Å²) < 4.78 is 39.3. The minimum atomic E-state index is -1.68. The molecule has 4 rings (SSSR count). The molecule has 2 heterocycles. The van der Waals surface area contributed by atoms with Crippen LogP contribution >= 0.6 is 0 Å². The van der Waals surface area contributed by atoms with Gasteiger partial charge in [0, 0.05) is 13.2 Å². The minimum absolute atomic E-state index is 0.0217. The number of aromatic hydroxyl groups is 3. The van der Waals surface area contributed by atoms with Crippen LogP contribution in [0, 0.1) is 0 Å². The summed E-state index contributed by atoms with van der Waals surface area (Å²) in [5.41, 5.74) is 1.17. The molecule has 0 saturated carbocycles. The van der Waals surface area contributed by atoms with Crippen molar-refractivity contribution in [2.24, 2.45) is 0 Å². The van der Waals surface area contributed by atoms with Crippen LogP contribution in [0.2, 0.25) is 0 Å². The minimum Gasteiger partial charge on any atom is -0.504 e. The second-order valence-corrected chi connectivity index (χ2v) is 10.9. The first-order chi connectivity index (χ1) is 21.9. The van der Waals surface area contributed by atoms with Gasteiger partial charge in [-0.3, -0.25) is 0 Å². The lowest BCUT2D eigenvalue weighted by Crippen LogP contribution is -2.64. The molecule has 254 valence electrons. The van der Waals surface area contributed by atoms with Crippen LogP contribution in [0.1, 0.15) is 18.1 Å². The van der Waals surface area contributed by atoms with E-state index in [4.69, 9.17) is 33.2 Å². The number of rotatable bonds is 12. The Morgan fingerprint density at radius 2 is 1.59 bits per heavy atom. The van der Waals surface area contributed by atoms with E-state index in [9.17, 15) is 40.5 Å². The van der Waals surface area contributed by atoms with Gasteiger partial charge in [-0.25, -0.2) is 4.79 Å². The second kappa shape index (κ2) is 15.9. The first kappa shape index (κ1) is 35.3. The number of hydrogen-bond donors (Lipinski definition) is 7. The topological polar surface area (TPSA) is 223 Å². The fourth-order valence-electron chi connectivity index (χ4n) is 5.08. The summed E-state index contributed by atoms with van der Waals surface area (Å²) >= 11 is 0. The average Bonchev–Trinajstić information content (AvgIpc) is 3.04. The molecule has 2 aliphatic heterocycles. The van der Waals surface area contributed by atoms with Crippen LogP contribution in [-0.2, 0) is 39.6 Å². The number of aliphatic hydroxyl groups excluding tert-OH is 4. The maximum Gasteiger partial charge on any atom is 0.330 e. The molecule has 7 N–H and O–H groups in total. The van der Waals surface area contributed by atoms with Gasteiger partial charge in [0.25, 0.3) is 0 Å². The first-order valence-corrected chi connectivity index (χ1v) is 14.5. The number of phenols is 3. The van der Waals surface area contributed by atoms with E-state index < -0.39 is 67.4 Å². The van der Waals surface area contributed by atoms with Gasteiger partial charge in [0.15, 0.2) is 35.6 Å². The number of hydrogen-bond acceptors (Lipinski definition) is 15. The monoisotopic (exact) mass is 652 g/mol. The SMILES string of the molecule is COc1cc(/C=C/C(=O)OC[C@@H]2O[C@@H](OCCc3ccc(O)c(O)c3)[C@@H](O)[C@H](O[C@@H]3O[C@H](C)[C@H](O)[C@H](O)[C@@H]3O)[C@@H]2OC)ccc1O. The van der Waals surface area contributed by atoms with Gasteiger partial charge in [-0.05, 0) is 54.8 Å². The summed E-state index contributed by atoms with van der Waals surface area (Å²) in [6, 6.07) is 8.76. The number of aliphatic hydroxyl groups is 4. The Labute approximate surface area is 264 Å². The lowest BCUT2D eigenvalue weighted by molar-refractivity contribution is -0.359. The van der Waals surface area contributed by atoms with Crippen molar-refractivity contribution >= 4 is 12.0 Å². The van der Waals surface area contributed by atoms with Crippen LogP contribution in [0.25, 0.3) is 6.08 Å². The molecule has 0 radical (unpaired) electrons. The molecule has 0 unspecified atom stereocenters. The number of benzene rings is 2. The molecular weight excluding hydrogens is 612 g/mol. The van der Waals surface area contributed by atoms with E-state index in [0.29, 0.717) is 11.1 Å². The van der Waals surface area contributed by atoms with Gasteiger partial charge in [0.2, 0.25) is 0 Å². The molecule has 46 heavy (non-hydrogen) atoms. The summed E-state index contributed by atoms with van der Waals surface area (Å²) in [6.07, 6.45) is -10.6. The fraction of sp³-hybridized carbons (Fsp3) is 0.516. The van der Waals surface area contributed by atoms with Gasteiger partial charge in [0.05, 0.1) is 19.8 Å². The predicted octanol–water partition coefficient (Wildman–Crippen LogP) is -0.0588. The van der Waals surface area contributed by atoms with Crippen LogP contribution in [0.3, 0.4) is 0 Å². The number of ether oxygens (including phenoxy) is 7. The number of esters is 1. The van der Waals surface area contributed by atoms with Gasteiger partial charge in [-0.2, -0.15) is 0 Å². The van der Waals surface area contributed by atoms with Crippen molar-refractivity contribution < 1.29 is 73.7 Å². The summed E-state index contributed by atoms with van der Waals surface area (Å²) in [4.78, 5) is 12.6. The summed E-state index contributed by atoms with van der Waals surface area (Å²) in [5.74, 6) is -1.19. The molecule has 2 aromatic carbocycles. The van der Waals surface area contributed by atoms with E-state index in [1.54, 1.807) is 12.1 Å². The zero-order chi connectivity index (χ0) is 33.5. The zero-order valence-corrected chi connectivity index (χ0v) is 25.4. The molecule has 0 amide bonds. The molecule has 2 saturated heterocycles. The lowest BCUT2D eigenvalue weighted by Gasteiger charge is -2.46. The lowest BCUT2D eigenvalue weighted by atomic mass is 9.97. The largest absolute Gasteiger partial charge is 0.504 e. The zero-order valence-electron chi connectivity index (χ0n) is 25.4. The van der Waals surface area contributed by atoms with Crippen molar-refractivity contribution in [3.05, 3.63) is 53.6 Å². The van der Waals surface area contributed by atoms with Gasteiger partial charge in [0.1, 0.15) is 49.3 Å². The van der Waals surface area contributed by atoms with Crippen molar-refractivity contribution in [1.29, 1.82) is 0 Å². The number of methoxy groups -OCH3 is 2. The maximum absolute atomic E-state index is 12.6. The van der Waals surface area contributed by atoms with Crippen LogP contribution in [-0.4, -0.2) is 131 Å². The Morgan fingerprint density at radius 3 is 2.28 bits per heavy atom. The summed E-state index contributed by atoms with van der Waals surface area (Å²) in [6.45, 7) is 1.07. The van der Waals surface area contributed by atoms with E-state index in [2.05, 4.69) is 0 Å². The third-order valence-electron chi connectivity index (χ3n) is 7.70. The average molecular weight is 653 g/mol. The van der Waals surface area contributed by atoms with E-state index in [-0.39, 0.29) is 42.6 Å². The van der Waals surface area contributed by atoms with Crippen molar-refractivity contribution in [2.75, 3.05) is 27.4 Å². The summed E-state index contributed by atoms with van der Waals surface area (Å²) in [7, 11) is 2.70. The van der Waals surface area contributed by atoms with E-state index in [1.165, 1.54) is 51.5 Å². The maximum atomic E-state index is 12.6. The van der Waals surface area contributed by atoms with Gasteiger partial charge in [-0.1, -0.05) is 12.1 Å². The van der Waals surface area contributed by atoms with Crippen molar-refractivity contribution in [2.45, 2.75) is 74.8 Å². The van der Waals surface area contributed by atoms with Crippen molar-refractivity contribution in [3.63, 3.8) is 0 Å². The predicted molar refractivity (Wildman–Crippen MR) is 157 cm³/mol. The Morgan fingerprint density at radius 1 is 0.848 bits per heavy atom. The fourth-order valence-corrected chi connectivity index (χ4v) is 5.08. The normalized spacial score (nSPS) is 31.5. The molecule has 0 aliphatic carbocycles. The molecule has 2 aliphatic rings. The van der Waals surface area contributed by atoms with Crippen molar-refractivity contribution in [3.8, 4) is 23.0 Å². The molecule has 0 spiro atoms. The highest BCUT2D eigenvalue weighted by Crippen LogP contribution is 2.32. The van der Waals surface area contributed by atoms with Crippen LogP contribution in [0.15, 0.2) is 42.5 Å². The highest BCUT2D eigenvalue weighted by atomic mass is 16.7. The quantitative estimate of drug-likeness (QED) is 0.0906. The highest BCUT2D eigenvalue weighted by Gasteiger charge is 2.51. The molecule has 2 fully saturated rings. The Balaban J connectivity index is 1.48. The summed E-state index contributed by atoms with van der Waals surface area (Å²) in [5, 5.41) is 71.2. The van der Waals surface area contributed by atoms with Crippen LogP contribution < -0.4 is 4.74 Å². The van der Waals surface area contributed by atoms with E-state index >= 15 is 0 Å². The van der Waals surface area contributed by atoms with Gasteiger partial charge >= 0.3 is 5.97 Å². The van der Waals surface area contributed by atoms with Crippen molar-refractivity contribution in [1.82, 2.24) is 0 Å². The van der Waals surface area contributed by atoms with Crippen LogP contribution in [0.5, 0.6) is 23.0 Å². The standard InChI is InChI=1S/C31H40O15/c1-15-24(36)25(37)26(38)31(44-15)46-29-27(39)30(42-11-10-17-4-7-18(32)20(34)12-17)45-22(28(29)41-3)14-43-23(35)9-6-16-5-8-19(33)21(13-16)40-2/h4-9,12-13,15,22,24-34,36-39H,10-11,14H2,1-3H3/b9-6+/t15-,22+,24+,25+,26+,27+,28-,29+,30-,31+/m1/s1. The molecule has 0 bridgehead atoms. The van der Waals surface area contributed by atoms with Gasteiger partial charge < -0.3 is 68.9 Å². The molecule has 15 nitrogen and oxygen atoms in total. The Hall–Kier alpha value is -3.51. The van der Waals surface area contributed by atoms with E-state index in [0.717, 1.165) is 6.08 Å². The molecule has 2 aromatic rings. The highest BCUT2D eigenvalue weighted by molar-refractivity contribution is 5.87. The third-order valence-corrected chi connectivity index (χ3v) is 7.70. The third kappa shape index (κ3) is 8.44. The smallest absolute Gasteiger partial charge is 0.330 e. The Bertz CT molecular complexity index is 1340. The number of phenolic OH excluding ortho intramolecular Hbond substituents is 3. The Kier molecular flexibility index (Phi) is 12.2. The molecule has 10 atom stereocenters. The molecule has 0 aromatic heterocycles. The van der Waals surface area contributed by atoms with Gasteiger partial charge in [-0.15, -0.1) is 0 Å². The number of carbonyl (C=O) groups is 1.